The number of rotatable bonds is 9. The quantitative estimate of drug-likeness (QED) is 0.323. The van der Waals surface area contributed by atoms with Gasteiger partial charge in [-0.25, -0.2) is 0 Å². The lowest BCUT2D eigenvalue weighted by atomic mass is 10.1. The van der Waals surface area contributed by atoms with Gasteiger partial charge >= 0.3 is 0 Å². The number of hydrogen-bond acceptors (Lipinski definition) is 3. The van der Waals surface area contributed by atoms with Gasteiger partial charge < -0.3 is 15.0 Å². The molecule has 0 aliphatic rings. The van der Waals surface area contributed by atoms with Gasteiger partial charge in [-0.05, 0) is 63.3 Å². The third kappa shape index (κ3) is 6.65. The van der Waals surface area contributed by atoms with Crippen molar-refractivity contribution in [1.29, 1.82) is 0 Å². The molecule has 3 aromatic carbocycles. The van der Waals surface area contributed by atoms with E-state index in [1.165, 1.54) is 4.90 Å². The smallest absolute Gasteiger partial charge is 0.261 e. The second kappa shape index (κ2) is 11.9. The lowest BCUT2D eigenvalue weighted by Gasteiger charge is -2.29. The van der Waals surface area contributed by atoms with Gasteiger partial charge in [0.15, 0.2) is 6.61 Å². The van der Waals surface area contributed by atoms with Crippen molar-refractivity contribution in [2.24, 2.45) is 5.92 Å². The molecule has 3 rings (SSSR count). The number of carbonyl (C=O) groups is 2. The highest BCUT2D eigenvalue weighted by atomic mass is 79.9. The van der Waals surface area contributed by atoms with Crippen molar-refractivity contribution in [3.8, 4) is 5.75 Å². The normalized spacial score (nSPS) is 12.0. The van der Waals surface area contributed by atoms with E-state index >= 15 is 0 Å². The van der Waals surface area contributed by atoms with E-state index in [0.717, 1.165) is 20.8 Å². The Balaban J connectivity index is 1.79. The minimum Gasteiger partial charge on any atom is -0.483 e. The summed E-state index contributed by atoms with van der Waals surface area (Å²) in [6.45, 7) is 6.22. The maximum atomic E-state index is 13.3. The summed E-state index contributed by atoms with van der Waals surface area (Å²) in [6, 6.07) is 16.1. The van der Waals surface area contributed by atoms with Crippen LogP contribution < -0.4 is 10.1 Å². The summed E-state index contributed by atoms with van der Waals surface area (Å²) in [5, 5.41) is 5.76. The van der Waals surface area contributed by atoms with Crippen molar-refractivity contribution in [2.45, 2.75) is 33.4 Å². The molecule has 0 heterocycles. The zero-order chi connectivity index (χ0) is 24.8. The molecule has 1 unspecified atom stereocenters. The number of carbonyl (C=O) groups excluding carboxylic acids is 2. The monoisotopic (exact) mass is 564 g/mol. The molecule has 3 aromatic rings. The lowest BCUT2D eigenvalue weighted by molar-refractivity contribution is -0.142. The van der Waals surface area contributed by atoms with E-state index in [4.69, 9.17) is 27.9 Å². The Kier molecular flexibility index (Phi) is 9.23. The van der Waals surface area contributed by atoms with Gasteiger partial charge in [-0.2, -0.15) is 0 Å². The molecule has 0 aliphatic carbocycles. The summed E-state index contributed by atoms with van der Waals surface area (Å²) in [7, 11) is 0. The highest BCUT2D eigenvalue weighted by Gasteiger charge is 2.27. The van der Waals surface area contributed by atoms with Gasteiger partial charge in [-0.15, -0.1) is 0 Å². The van der Waals surface area contributed by atoms with Crippen LogP contribution in [0.3, 0.4) is 0 Å². The van der Waals surface area contributed by atoms with E-state index in [0.29, 0.717) is 28.3 Å². The fraction of sp³-hybridized carbons (Fsp3) is 0.308. The van der Waals surface area contributed by atoms with Crippen LogP contribution in [0.1, 0.15) is 26.3 Å². The van der Waals surface area contributed by atoms with E-state index < -0.39 is 6.04 Å². The average Bonchev–Trinajstić information content (AvgIpc) is 2.82. The molecule has 0 spiro atoms. The van der Waals surface area contributed by atoms with E-state index in [9.17, 15) is 9.59 Å². The Morgan fingerprint density at radius 1 is 1.03 bits per heavy atom. The minimum absolute atomic E-state index is 0.189. The highest BCUT2D eigenvalue weighted by Crippen LogP contribution is 2.33. The van der Waals surface area contributed by atoms with Crippen LogP contribution in [-0.4, -0.2) is 35.9 Å². The number of hydrogen-bond donors (Lipinski definition) is 1. The number of benzene rings is 3. The molecule has 1 N–H and O–H groups in total. The van der Waals surface area contributed by atoms with Crippen LogP contribution in [0.15, 0.2) is 59.1 Å². The van der Waals surface area contributed by atoms with Gasteiger partial charge in [-0.1, -0.05) is 73.4 Å². The second-order valence-corrected chi connectivity index (χ2v) is 10.1. The number of fused-ring (bicyclic) bond motifs is 1. The molecule has 0 aromatic heterocycles. The first-order chi connectivity index (χ1) is 16.2. The third-order valence-electron chi connectivity index (χ3n) is 5.37. The Bertz CT molecular complexity index is 1190. The number of ether oxygens (including phenoxy) is 1. The molecule has 0 aliphatic heterocycles. The predicted molar refractivity (Wildman–Crippen MR) is 141 cm³/mol. The molecule has 0 saturated carbocycles. The number of amides is 2. The summed E-state index contributed by atoms with van der Waals surface area (Å²) in [4.78, 5) is 27.5. The van der Waals surface area contributed by atoms with Crippen molar-refractivity contribution in [3.05, 3.63) is 74.7 Å². The molecule has 1 atom stereocenters. The maximum absolute atomic E-state index is 13.3. The van der Waals surface area contributed by atoms with Crippen LogP contribution in [0, 0.1) is 5.92 Å². The molecule has 0 radical (unpaired) electrons. The SMILES string of the molecule is CC(C)CNC(=O)C(C)N(Cc1ccc(Cl)c(Cl)c1)C(=O)COc1ccc2ccccc2c1Br. The van der Waals surface area contributed by atoms with Gasteiger partial charge in [0.05, 0.1) is 14.5 Å². The van der Waals surface area contributed by atoms with Crippen LogP contribution in [-0.2, 0) is 16.1 Å². The minimum atomic E-state index is -0.704. The van der Waals surface area contributed by atoms with Crippen molar-refractivity contribution in [2.75, 3.05) is 13.2 Å². The van der Waals surface area contributed by atoms with Crippen molar-refractivity contribution < 1.29 is 14.3 Å². The zero-order valence-corrected chi connectivity index (χ0v) is 22.4. The summed E-state index contributed by atoms with van der Waals surface area (Å²) in [6.07, 6.45) is 0. The first kappa shape index (κ1) is 26.3. The zero-order valence-electron chi connectivity index (χ0n) is 19.3. The first-order valence-electron chi connectivity index (χ1n) is 11.0. The lowest BCUT2D eigenvalue weighted by Crippen LogP contribution is -2.49. The molecule has 2 amide bonds. The highest BCUT2D eigenvalue weighted by molar-refractivity contribution is 9.10. The van der Waals surface area contributed by atoms with Gasteiger partial charge in [0, 0.05) is 13.1 Å². The van der Waals surface area contributed by atoms with E-state index in [2.05, 4.69) is 21.2 Å². The fourth-order valence-electron chi connectivity index (χ4n) is 3.42. The molecule has 0 fully saturated rings. The van der Waals surface area contributed by atoms with Crippen LogP contribution >= 0.6 is 39.1 Å². The Labute approximate surface area is 218 Å². The predicted octanol–water partition coefficient (Wildman–Crippen LogP) is 6.48. The Morgan fingerprint density at radius 3 is 2.47 bits per heavy atom. The molecular weight excluding hydrogens is 539 g/mol. The van der Waals surface area contributed by atoms with E-state index in [-0.39, 0.29) is 25.0 Å². The van der Waals surface area contributed by atoms with Gasteiger partial charge in [0.25, 0.3) is 5.91 Å². The molecule has 180 valence electrons. The van der Waals surface area contributed by atoms with Crippen molar-refractivity contribution in [1.82, 2.24) is 10.2 Å². The molecular formula is C26H27BrCl2N2O3. The number of nitrogens with zero attached hydrogens (tertiary/aromatic N) is 1. The van der Waals surface area contributed by atoms with Crippen molar-refractivity contribution >= 4 is 61.7 Å². The maximum Gasteiger partial charge on any atom is 0.261 e. The van der Waals surface area contributed by atoms with Crippen LogP contribution in [0.4, 0.5) is 0 Å². The third-order valence-corrected chi connectivity index (χ3v) is 6.92. The second-order valence-electron chi connectivity index (χ2n) is 8.47. The summed E-state index contributed by atoms with van der Waals surface area (Å²) in [5.41, 5.74) is 0.762. The first-order valence-corrected chi connectivity index (χ1v) is 12.5. The Morgan fingerprint density at radius 2 is 1.76 bits per heavy atom. The molecule has 8 heteroatoms. The molecule has 34 heavy (non-hydrogen) atoms. The average molecular weight is 566 g/mol. The number of nitrogens with one attached hydrogen (secondary N) is 1. The summed E-state index contributed by atoms with van der Waals surface area (Å²) < 4.78 is 6.65. The largest absolute Gasteiger partial charge is 0.483 e. The van der Waals surface area contributed by atoms with Gasteiger partial charge in [-0.3, -0.25) is 9.59 Å². The molecule has 5 nitrogen and oxygen atoms in total. The topological polar surface area (TPSA) is 58.6 Å². The van der Waals surface area contributed by atoms with Crippen molar-refractivity contribution in [3.63, 3.8) is 0 Å². The summed E-state index contributed by atoms with van der Waals surface area (Å²) in [5.74, 6) is 0.301. The molecule has 0 saturated heterocycles. The van der Waals surface area contributed by atoms with Gasteiger partial charge in [0.2, 0.25) is 5.91 Å². The van der Waals surface area contributed by atoms with Crippen LogP contribution in [0.2, 0.25) is 10.0 Å². The summed E-state index contributed by atoms with van der Waals surface area (Å²) >= 11 is 15.8. The number of halogens is 3. The fourth-order valence-corrected chi connectivity index (χ4v) is 4.35. The van der Waals surface area contributed by atoms with Crippen LogP contribution in [0.25, 0.3) is 10.8 Å². The van der Waals surface area contributed by atoms with Gasteiger partial charge in [0.1, 0.15) is 11.8 Å². The Hall–Kier alpha value is -2.28. The van der Waals surface area contributed by atoms with Crippen LogP contribution in [0.5, 0.6) is 5.75 Å². The molecule has 0 bridgehead atoms. The van der Waals surface area contributed by atoms with E-state index in [1.54, 1.807) is 25.1 Å². The van der Waals surface area contributed by atoms with E-state index in [1.807, 2.05) is 50.2 Å². The standard InChI is InChI=1S/C26H27BrCl2N2O3/c1-16(2)13-30-26(33)17(3)31(14-18-8-10-21(28)22(29)12-18)24(32)15-34-23-11-9-19-6-4-5-7-20(19)25(23)27/h4-12,16-17H,13-15H2,1-3H3,(H,30,33).